The first-order valence-electron chi connectivity index (χ1n) is 3.32. The van der Waals surface area contributed by atoms with Gasteiger partial charge in [-0.2, -0.15) is 8.42 Å². The zero-order valence-electron chi connectivity index (χ0n) is 7.14. The summed E-state index contributed by atoms with van der Waals surface area (Å²) in [6.45, 7) is 1.76. The van der Waals surface area contributed by atoms with Gasteiger partial charge in [0.05, 0.1) is 12.0 Å². The van der Waals surface area contributed by atoms with Gasteiger partial charge in [0.1, 0.15) is 0 Å². The number of nitrogens with one attached hydrogen (secondary N) is 1. The number of nitrogens with zero attached hydrogens (tertiary/aromatic N) is 2. The Balaban J connectivity index is 2.72. The van der Waals surface area contributed by atoms with Crippen molar-refractivity contribution in [1.29, 1.82) is 5.41 Å². The van der Waals surface area contributed by atoms with E-state index in [-0.39, 0.29) is 5.17 Å². The van der Waals surface area contributed by atoms with E-state index in [1.54, 1.807) is 6.92 Å². The van der Waals surface area contributed by atoms with Crippen molar-refractivity contribution in [2.45, 2.75) is 6.92 Å². The Kier molecular flexibility index (Phi) is 2.94. The monoisotopic (exact) mass is 223 g/mol. The molecule has 0 aliphatic carbocycles. The second kappa shape index (κ2) is 3.64. The van der Waals surface area contributed by atoms with E-state index in [9.17, 15) is 8.42 Å². The second-order valence-corrected chi connectivity index (χ2v) is 5.63. The van der Waals surface area contributed by atoms with E-state index in [0.717, 1.165) is 12.0 Å². The average molecular weight is 223 g/mol. The maximum Gasteiger partial charge on any atom is 0.287 e. The number of aliphatic imine (C=N–C) groups is 1. The van der Waals surface area contributed by atoms with Crippen LogP contribution in [0.15, 0.2) is 9.52 Å². The van der Waals surface area contributed by atoms with Crippen LogP contribution in [0.3, 0.4) is 0 Å². The molecular formula is C5H9N3O3S2. The first-order valence-corrected chi connectivity index (χ1v) is 6.48. The molecule has 6 nitrogen and oxygen atoms in total. The van der Waals surface area contributed by atoms with Crippen LogP contribution in [-0.4, -0.2) is 31.3 Å². The fourth-order valence-corrected chi connectivity index (χ4v) is 2.40. The maximum absolute atomic E-state index is 10.6. The molecule has 1 aliphatic rings. The fourth-order valence-electron chi connectivity index (χ4n) is 0.678. The van der Waals surface area contributed by atoms with Gasteiger partial charge in [-0.15, -0.1) is 4.28 Å². The third kappa shape index (κ3) is 3.33. The molecule has 1 atom stereocenters. The summed E-state index contributed by atoms with van der Waals surface area (Å²) in [5.41, 5.74) is 0.772. The predicted octanol–water partition coefficient (Wildman–Crippen LogP) is 0.0888. The van der Waals surface area contributed by atoms with Crippen molar-refractivity contribution in [3.63, 3.8) is 0 Å². The lowest BCUT2D eigenvalue weighted by atomic mass is 10.5. The van der Waals surface area contributed by atoms with E-state index in [1.807, 2.05) is 0 Å². The first kappa shape index (κ1) is 10.5. The minimum Gasteiger partial charge on any atom is -0.276 e. The number of hydrogen-bond acceptors (Lipinski definition) is 5. The summed E-state index contributed by atoms with van der Waals surface area (Å²) in [6.07, 6.45) is 0.910. The second-order valence-electron chi connectivity index (χ2n) is 2.51. The molecule has 1 rings (SSSR count). The van der Waals surface area contributed by atoms with Gasteiger partial charge in [0, 0.05) is 16.4 Å². The van der Waals surface area contributed by atoms with Gasteiger partial charge in [-0.3, -0.25) is 5.41 Å². The van der Waals surface area contributed by atoms with E-state index in [4.69, 9.17) is 5.41 Å². The SMILES string of the molecule is CC1=NC(=N)S(=NOS(C)(=O)=O)C1. The normalized spacial score (nSPS) is 23.7. The Bertz CT molecular complexity index is 395. The summed E-state index contributed by atoms with van der Waals surface area (Å²) in [6, 6.07) is 0. The lowest BCUT2D eigenvalue weighted by Gasteiger charge is -1.95. The van der Waals surface area contributed by atoms with Crippen molar-refractivity contribution in [2.75, 3.05) is 12.0 Å². The van der Waals surface area contributed by atoms with Crippen molar-refractivity contribution < 1.29 is 12.7 Å². The van der Waals surface area contributed by atoms with Gasteiger partial charge in [-0.1, -0.05) is 4.53 Å². The Labute approximate surface area is 78.7 Å². The summed E-state index contributed by atoms with van der Waals surface area (Å²) in [5, 5.41) is 7.37. The summed E-state index contributed by atoms with van der Waals surface area (Å²) in [4.78, 5) is 3.81. The molecule has 1 N–H and O–H groups in total. The molecule has 0 aromatic carbocycles. The molecule has 0 amide bonds. The van der Waals surface area contributed by atoms with Crippen LogP contribution >= 0.6 is 0 Å². The van der Waals surface area contributed by atoms with Crippen molar-refractivity contribution in [2.24, 2.45) is 9.52 Å². The number of hydrogen-bond donors (Lipinski definition) is 1. The minimum atomic E-state index is -3.56. The molecule has 8 heteroatoms. The average Bonchev–Trinajstić information content (AvgIpc) is 2.24. The summed E-state index contributed by atoms with van der Waals surface area (Å²) in [5.74, 6) is 0.481. The van der Waals surface area contributed by atoms with Gasteiger partial charge in [-0.25, -0.2) is 4.99 Å². The van der Waals surface area contributed by atoms with Crippen molar-refractivity contribution in [3.8, 4) is 0 Å². The van der Waals surface area contributed by atoms with E-state index in [2.05, 4.69) is 13.8 Å². The molecule has 0 aromatic heterocycles. The van der Waals surface area contributed by atoms with Crippen molar-refractivity contribution in [3.05, 3.63) is 0 Å². The zero-order chi connectivity index (χ0) is 10.1. The van der Waals surface area contributed by atoms with Crippen LogP contribution < -0.4 is 0 Å². The Hall–Kier alpha value is -0.600. The molecule has 74 valence electrons. The van der Waals surface area contributed by atoms with Crippen LogP contribution in [0, 0.1) is 5.41 Å². The van der Waals surface area contributed by atoms with Gasteiger partial charge < -0.3 is 0 Å². The lowest BCUT2D eigenvalue weighted by molar-refractivity contribution is 0.351. The summed E-state index contributed by atoms with van der Waals surface area (Å²) < 4.78 is 28.8. The van der Waals surface area contributed by atoms with Crippen LogP contribution in [0.25, 0.3) is 0 Å². The highest BCUT2D eigenvalue weighted by Gasteiger charge is 2.15. The highest BCUT2D eigenvalue weighted by atomic mass is 32.2. The van der Waals surface area contributed by atoms with Crippen LogP contribution in [0.4, 0.5) is 0 Å². The minimum absolute atomic E-state index is 0.0705. The standard InChI is InChI=1S/C5H9N3O3S2/c1-4-3-12(5(6)7-4)8-11-13(2,9)10/h6H,3H2,1-2H3. The molecule has 13 heavy (non-hydrogen) atoms. The fraction of sp³-hybridized carbons (Fsp3) is 0.600. The Morgan fingerprint density at radius 1 is 1.69 bits per heavy atom. The highest BCUT2D eigenvalue weighted by molar-refractivity contribution is 8.03. The van der Waals surface area contributed by atoms with Gasteiger partial charge in [0.2, 0.25) is 0 Å². The largest absolute Gasteiger partial charge is 0.287 e. The molecular weight excluding hydrogens is 214 g/mol. The van der Waals surface area contributed by atoms with E-state index in [1.165, 1.54) is 0 Å². The topological polar surface area (TPSA) is 91.9 Å². The molecule has 0 spiro atoms. The molecule has 1 heterocycles. The van der Waals surface area contributed by atoms with Crippen LogP contribution in [-0.2, 0) is 25.1 Å². The Morgan fingerprint density at radius 2 is 2.31 bits per heavy atom. The van der Waals surface area contributed by atoms with E-state index < -0.39 is 20.8 Å². The van der Waals surface area contributed by atoms with Gasteiger partial charge in [0.15, 0.2) is 5.17 Å². The first-order chi connectivity index (χ1) is 5.88. The Morgan fingerprint density at radius 3 is 2.69 bits per heavy atom. The quantitative estimate of drug-likeness (QED) is 0.672. The third-order valence-corrected chi connectivity index (χ3v) is 3.04. The molecule has 1 unspecified atom stereocenters. The summed E-state index contributed by atoms with van der Waals surface area (Å²) in [7, 11) is -4.41. The zero-order valence-corrected chi connectivity index (χ0v) is 8.78. The van der Waals surface area contributed by atoms with E-state index in [0.29, 0.717) is 5.75 Å². The van der Waals surface area contributed by atoms with Crippen molar-refractivity contribution >= 4 is 31.7 Å². The van der Waals surface area contributed by atoms with E-state index >= 15 is 0 Å². The lowest BCUT2D eigenvalue weighted by Crippen LogP contribution is -2.05. The molecule has 0 saturated carbocycles. The van der Waals surface area contributed by atoms with Crippen LogP contribution in [0.2, 0.25) is 0 Å². The highest BCUT2D eigenvalue weighted by Crippen LogP contribution is 2.05. The van der Waals surface area contributed by atoms with Gasteiger partial charge >= 0.3 is 0 Å². The smallest absolute Gasteiger partial charge is 0.276 e. The van der Waals surface area contributed by atoms with Gasteiger partial charge in [-0.05, 0) is 6.92 Å². The molecule has 0 aromatic rings. The molecule has 0 saturated heterocycles. The van der Waals surface area contributed by atoms with Crippen LogP contribution in [0.5, 0.6) is 0 Å². The number of rotatable bonds is 2. The van der Waals surface area contributed by atoms with Gasteiger partial charge in [0.25, 0.3) is 10.1 Å². The third-order valence-electron chi connectivity index (χ3n) is 1.12. The molecule has 1 aliphatic heterocycles. The predicted molar refractivity (Wildman–Crippen MR) is 51.4 cm³/mol. The molecule has 0 bridgehead atoms. The van der Waals surface area contributed by atoms with Crippen LogP contribution in [0.1, 0.15) is 6.92 Å². The maximum atomic E-state index is 10.6. The molecule has 0 fully saturated rings. The van der Waals surface area contributed by atoms with Crippen molar-refractivity contribution in [1.82, 2.24) is 0 Å². The molecule has 0 radical (unpaired) electrons. The number of amidine groups is 1. The summed E-state index contributed by atoms with van der Waals surface area (Å²) >= 11 is 0.